The SMILES string of the molecule is COc1ccc(N2C(=O)c3cc(-c4cccs4)nn3C[C@]2(C)C(=O)NC(C)(C)C)cc1. The molecule has 1 aliphatic heterocycles. The Morgan fingerprint density at radius 1 is 1.23 bits per heavy atom. The fourth-order valence-corrected chi connectivity index (χ4v) is 4.42. The van der Waals surface area contributed by atoms with Crippen molar-refractivity contribution < 1.29 is 14.3 Å². The Hall–Kier alpha value is -3.13. The van der Waals surface area contributed by atoms with Crippen molar-refractivity contribution in [2.45, 2.75) is 45.3 Å². The minimum atomic E-state index is -1.16. The molecule has 0 unspecified atom stereocenters. The Balaban J connectivity index is 1.82. The molecule has 2 amide bonds. The summed E-state index contributed by atoms with van der Waals surface area (Å²) in [4.78, 5) is 29.7. The van der Waals surface area contributed by atoms with Crippen LogP contribution in [0.15, 0.2) is 47.8 Å². The first-order valence-electron chi connectivity index (χ1n) is 10.1. The summed E-state index contributed by atoms with van der Waals surface area (Å²) < 4.78 is 6.91. The first-order chi connectivity index (χ1) is 14.6. The van der Waals surface area contributed by atoms with E-state index in [2.05, 4.69) is 10.4 Å². The van der Waals surface area contributed by atoms with E-state index in [1.807, 2.05) is 38.3 Å². The second-order valence-electron chi connectivity index (χ2n) is 8.87. The predicted octanol–water partition coefficient (Wildman–Crippen LogP) is 3.95. The van der Waals surface area contributed by atoms with Gasteiger partial charge in [-0.3, -0.25) is 19.2 Å². The molecular formula is C23H26N4O3S. The third-order valence-electron chi connectivity index (χ3n) is 5.24. The number of nitrogens with zero attached hydrogens (tertiary/aromatic N) is 3. The van der Waals surface area contributed by atoms with Gasteiger partial charge in [0.1, 0.15) is 22.7 Å². The molecule has 4 rings (SSSR count). The highest BCUT2D eigenvalue weighted by molar-refractivity contribution is 7.13. The van der Waals surface area contributed by atoms with Gasteiger partial charge in [-0.2, -0.15) is 5.10 Å². The van der Waals surface area contributed by atoms with Crippen molar-refractivity contribution >= 4 is 28.8 Å². The molecule has 3 aromatic rings. The molecule has 162 valence electrons. The van der Waals surface area contributed by atoms with Crippen LogP contribution in [0, 0.1) is 0 Å². The standard InChI is InChI=1S/C23H26N4O3S/c1-22(2,3)24-21(29)23(4)14-26-18(13-17(25-26)19-7-6-12-31-19)20(28)27(23)15-8-10-16(30-5)11-9-15/h6-13H,14H2,1-5H3,(H,24,29)/t23-/m1/s1. The molecule has 2 aromatic heterocycles. The normalized spacial score (nSPS) is 18.6. The number of anilines is 1. The zero-order chi connectivity index (χ0) is 22.4. The van der Waals surface area contributed by atoms with Crippen LogP contribution in [0.2, 0.25) is 0 Å². The maximum Gasteiger partial charge on any atom is 0.277 e. The van der Waals surface area contributed by atoms with Crippen LogP contribution in [-0.2, 0) is 11.3 Å². The first kappa shape index (κ1) is 21.1. The number of rotatable bonds is 4. The lowest BCUT2D eigenvalue weighted by Crippen LogP contribution is -2.66. The van der Waals surface area contributed by atoms with Crippen molar-refractivity contribution in [3.63, 3.8) is 0 Å². The summed E-state index contributed by atoms with van der Waals surface area (Å²) in [5.74, 6) is 0.181. The fourth-order valence-electron chi connectivity index (χ4n) is 3.74. The number of carbonyl (C=O) groups is 2. The fraction of sp³-hybridized carbons (Fsp3) is 0.348. The van der Waals surface area contributed by atoms with E-state index in [4.69, 9.17) is 4.74 Å². The van der Waals surface area contributed by atoms with Gasteiger partial charge in [0.05, 0.1) is 18.5 Å². The van der Waals surface area contributed by atoms with E-state index in [9.17, 15) is 9.59 Å². The van der Waals surface area contributed by atoms with E-state index in [-0.39, 0.29) is 18.4 Å². The molecule has 0 fully saturated rings. The summed E-state index contributed by atoms with van der Waals surface area (Å²) in [5.41, 5.74) is 0.211. The molecule has 3 heterocycles. The molecule has 0 bridgehead atoms. The lowest BCUT2D eigenvalue weighted by molar-refractivity contribution is -0.128. The summed E-state index contributed by atoms with van der Waals surface area (Å²) in [6.07, 6.45) is 0. The molecule has 7 nitrogen and oxygen atoms in total. The molecule has 0 spiro atoms. The lowest BCUT2D eigenvalue weighted by Gasteiger charge is -2.44. The van der Waals surface area contributed by atoms with Crippen LogP contribution in [0.3, 0.4) is 0 Å². The average Bonchev–Trinajstić information content (AvgIpc) is 3.37. The van der Waals surface area contributed by atoms with Crippen molar-refractivity contribution in [1.82, 2.24) is 15.1 Å². The van der Waals surface area contributed by atoms with Crippen molar-refractivity contribution in [2.75, 3.05) is 12.0 Å². The van der Waals surface area contributed by atoms with Gasteiger partial charge in [-0.25, -0.2) is 0 Å². The van der Waals surface area contributed by atoms with Crippen LogP contribution in [-0.4, -0.2) is 39.8 Å². The number of fused-ring (bicyclic) bond motifs is 1. The summed E-state index contributed by atoms with van der Waals surface area (Å²) >= 11 is 1.56. The van der Waals surface area contributed by atoms with Gasteiger partial charge >= 0.3 is 0 Å². The number of aromatic nitrogens is 2. The summed E-state index contributed by atoms with van der Waals surface area (Å²) in [7, 11) is 1.59. The number of carbonyl (C=O) groups excluding carboxylic acids is 2. The Labute approximate surface area is 185 Å². The van der Waals surface area contributed by atoms with Gasteiger partial charge in [0.25, 0.3) is 5.91 Å². The van der Waals surface area contributed by atoms with Gasteiger partial charge in [-0.1, -0.05) is 6.07 Å². The molecule has 1 aromatic carbocycles. The topological polar surface area (TPSA) is 76.5 Å². The monoisotopic (exact) mass is 438 g/mol. The molecule has 0 aliphatic carbocycles. The molecule has 0 saturated heterocycles. The summed E-state index contributed by atoms with van der Waals surface area (Å²) in [5, 5.41) is 9.67. The van der Waals surface area contributed by atoms with E-state index in [1.54, 1.807) is 65.3 Å². The van der Waals surface area contributed by atoms with Crippen LogP contribution in [0.5, 0.6) is 5.75 Å². The predicted molar refractivity (Wildman–Crippen MR) is 122 cm³/mol. The molecule has 8 heteroatoms. The van der Waals surface area contributed by atoms with Crippen LogP contribution in [0.4, 0.5) is 5.69 Å². The number of benzene rings is 1. The lowest BCUT2D eigenvalue weighted by atomic mass is 9.92. The number of nitrogens with one attached hydrogen (secondary N) is 1. The van der Waals surface area contributed by atoms with Crippen molar-refractivity contribution in [3.05, 3.63) is 53.5 Å². The second-order valence-corrected chi connectivity index (χ2v) is 9.81. The van der Waals surface area contributed by atoms with E-state index < -0.39 is 11.1 Å². The molecule has 1 aliphatic rings. The van der Waals surface area contributed by atoms with Crippen molar-refractivity contribution in [2.24, 2.45) is 0 Å². The zero-order valence-electron chi connectivity index (χ0n) is 18.3. The first-order valence-corrected chi connectivity index (χ1v) is 10.9. The number of methoxy groups -OCH3 is 1. The maximum absolute atomic E-state index is 13.7. The minimum absolute atomic E-state index is 0.233. The van der Waals surface area contributed by atoms with Gasteiger partial charge in [-0.15, -0.1) is 11.3 Å². The summed E-state index contributed by atoms with van der Waals surface area (Å²) in [6, 6.07) is 12.9. The maximum atomic E-state index is 13.7. The third kappa shape index (κ3) is 3.83. The van der Waals surface area contributed by atoms with Gasteiger partial charge < -0.3 is 10.1 Å². The van der Waals surface area contributed by atoms with E-state index in [0.717, 1.165) is 10.6 Å². The molecule has 0 saturated carbocycles. The average molecular weight is 439 g/mol. The highest BCUT2D eigenvalue weighted by atomic mass is 32.1. The molecule has 31 heavy (non-hydrogen) atoms. The Bertz CT molecular complexity index is 1110. The van der Waals surface area contributed by atoms with Crippen molar-refractivity contribution in [1.29, 1.82) is 0 Å². The van der Waals surface area contributed by atoms with Gasteiger partial charge in [0, 0.05) is 11.2 Å². The van der Waals surface area contributed by atoms with Crippen LogP contribution >= 0.6 is 11.3 Å². The smallest absolute Gasteiger partial charge is 0.277 e. The Morgan fingerprint density at radius 2 is 1.94 bits per heavy atom. The Morgan fingerprint density at radius 3 is 2.52 bits per heavy atom. The van der Waals surface area contributed by atoms with Crippen molar-refractivity contribution in [3.8, 4) is 16.3 Å². The largest absolute Gasteiger partial charge is 0.497 e. The number of thiophene rings is 1. The highest BCUT2D eigenvalue weighted by Crippen LogP contribution is 2.35. The molecular weight excluding hydrogens is 412 g/mol. The highest BCUT2D eigenvalue weighted by Gasteiger charge is 2.49. The van der Waals surface area contributed by atoms with Crippen LogP contribution in [0.25, 0.3) is 10.6 Å². The Kier molecular flexibility index (Phi) is 5.13. The minimum Gasteiger partial charge on any atom is -0.497 e. The number of hydrogen-bond acceptors (Lipinski definition) is 5. The van der Waals surface area contributed by atoms with Gasteiger partial charge in [0.15, 0.2) is 0 Å². The van der Waals surface area contributed by atoms with Gasteiger partial charge in [-0.05, 0) is 69.5 Å². The molecule has 0 radical (unpaired) electrons. The van der Waals surface area contributed by atoms with Gasteiger partial charge in [0.2, 0.25) is 5.91 Å². The number of ether oxygens (including phenoxy) is 1. The third-order valence-corrected chi connectivity index (χ3v) is 6.13. The number of hydrogen-bond donors (Lipinski definition) is 1. The van der Waals surface area contributed by atoms with E-state index in [0.29, 0.717) is 17.1 Å². The number of amides is 2. The van der Waals surface area contributed by atoms with Crippen LogP contribution in [0.1, 0.15) is 38.2 Å². The van der Waals surface area contributed by atoms with E-state index >= 15 is 0 Å². The van der Waals surface area contributed by atoms with Crippen LogP contribution < -0.4 is 15.0 Å². The second kappa shape index (κ2) is 7.53. The molecule has 1 atom stereocenters. The summed E-state index contributed by atoms with van der Waals surface area (Å²) in [6.45, 7) is 7.79. The van der Waals surface area contributed by atoms with E-state index in [1.165, 1.54) is 0 Å². The molecule has 1 N–H and O–H groups in total. The zero-order valence-corrected chi connectivity index (χ0v) is 19.1. The quantitative estimate of drug-likeness (QED) is 0.669.